The molecule has 0 saturated carbocycles. The molecular weight excluding hydrogens is 463 g/mol. The molecule has 2 rings (SSSR count). The van der Waals surface area contributed by atoms with Crippen LogP contribution in [0.1, 0.15) is 31.0 Å². The molecule has 0 aromatic heterocycles. The lowest BCUT2D eigenvalue weighted by Gasteiger charge is -2.19. The van der Waals surface area contributed by atoms with Gasteiger partial charge < -0.3 is 15.7 Å². The Labute approximate surface area is 176 Å². The third-order valence-electron chi connectivity index (χ3n) is 3.92. The first-order valence-electron chi connectivity index (χ1n) is 8.71. The molecule has 0 spiro atoms. The number of hydrogen-bond donors (Lipinski definition) is 3. The molecule has 0 radical (unpaired) electrons. The van der Waals surface area contributed by atoms with Crippen molar-refractivity contribution in [1.82, 2.24) is 10.6 Å². The highest BCUT2D eigenvalue weighted by Crippen LogP contribution is 2.15. The molecule has 148 valence electrons. The van der Waals surface area contributed by atoms with E-state index in [1.165, 1.54) is 12.1 Å². The number of benzene rings is 2. The second-order valence-corrected chi connectivity index (χ2v) is 6.10. The number of halogens is 3. The van der Waals surface area contributed by atoms with Crippen molar-refractivity contribution in [3.63, 3.8) is 0 Å². The van der Waals surface area contributed by atoms with Crippen LogP contribution < -0.4 is 10.6 Å². The van der Waals surface area contributed by atoms with Gasteiger partial charge in [-0.1, -0.05) is 36.4 Å². The van der Waals surface area contributed by atoms with Gasteiger partial charge in [-0.2, -0.15) is 0 Å². The van der Waals surface area contributed by atoms with Crippen molar-refractivity contribution in [2.45, 2.75) is 32.4 Å². The Morgan fingerprint density at radius 1 is 1.11 bits per heavy atom. The zero-order chi connectivity index (χ0) is 18.9. The lowest BCUT2D eigenvalue weighted by molar-refractivity contribution is 0.183. The first-order valence-corrected chi connectivity index (χ1v) is 8.71. The molecule has 0 aliphatic rings. The molecule has 0 bridgehead atoms. The minimum atomic E-state index is -0.878. The summed E-state index contributed by atoms with van der Waals surface area (Å²) in [7, 11) is 0. The van der Waals surface area contributed by atoms with E-state index >= 15 is 0 Å². The Morgan fingerprint density at radius 2 is 1.81 bits per heavy atom. The van der Waals surface area contributed by atoms with E-state index in [1.807, 2.05) is 44.2 Å². The molecule has 0 aliphatic heterocycles. The Kier molecular flexibility index (Phi) is 10.2. The van der Waals surface area contributed by atoms with E-state index in [9.17, 15) is 13.9 Å². The standard InChI is InChI=1S/C20H25F2N3O.HI/c1-3-23-20(24-13-17(26)11-15-7-5-4-6-8-15)25-14(2)16-9-10-18(21)19(22)12-16;/h4-10,12,14,17,26H,3,11,13H2,1-2H3,(H2,23,24,25);1H. The van der Waals surface area contributed by atoms with Crippen molar-refractivity contribution in [3.05, 3.63) is 71.3 Å². The fraction of sp³-hybridized carbons (Fsp3) is 0.350. The van der Waals surface area contributed by atoms with Crippen LogP contribution in [0.2, 0.25) is 0 Å². The molecule has 0 heterocycles. The minimum Gasteiger partial charge on any atom is -0.391 e. The maximum atomic E-state index is 13.4. The second-order valence-electron chi connectivity index (χ2n) is 6.10. The van der Waals surface area contributed by atoms with Gasteiger partial charge >= 0.3 is 0 Å². The quantitative estimate of drug-likeness (QED) is 0.315. The van der Waals surface area contributed by atoms with Crippen LogP contribution in [0.15, 0.2) is 53.5 Å². The SMILES string of the molecule is CCNC(=NCC(O)Cc1ccccc1)NC(C)c1ccc(F)c(F)c1.I. The molecule has 0 saturated heterocycles. The smallest absolute Gasteiger partial charge is 0.191 e. The van der Waals surface area contributed by atoms with Gasteiger partial charge in [0.1, 0.15) is 0 Å². The molecule has 3 N–H and O–H groups in total. The van der Waals surface area contributed by atoms with Gasteiger partial charge in [0.2, 0.25) is 0 Å². The molecule has 4 nitrogen and oxygen atoms in total. The molecule has 0 amide bonds. The number of aliphatic hydroxyl groups excluding tert-OH is 1. The molecule has 0 fully saturated rings. The molecule has 2 atom stereocenters. The largest absolute Gasteiger partial charge is 0.391 e. The summed E-state index contributed by atoms with van der Waals surface area (Å²) in [5.41, 5.74) is 1.66. The number of guanidine groups is 1. The summed E-state index contributed by atoms with van der Waals surface area (Å²) in [6, 6.07) is 13.3. The van der Waals surface area contributed by atoms with Crippen molar-refractivity contribution < 1.29 is 13.9 Å². The van der Waals surface area contributed by atoms with Gasteiger partial charge in [-0.05, 0) is 37.1 Å². The van der Waals surface area contributed by atoms with Crippen molar-refractivity contribution in [2.75, 3.05) is 13.1 Å². The highest BCUT2D eigenvalue weighted by Gasteiger charge is 2.12. The van der Waals surface area contributed by atoms with E-state index in [-0.39, 0.29) is 36.6 Å². The lowest BCUT2D eigenvalue weighted by Crippen LogP contribution is -2.39. The Morgan fingerprint density at radius 3 is 2.44 bits per heavy atom. The third-order valence-corrected chi connectivity index (χ3v) is 3.92. The molecule has 0 aliphatic carbocycles. The Hall–Kier alpha value is -1.74. The third kappa shape index (κ3) is 7.80. The molecule has 2 aromatic carbocycles. The van der Waals surface area contributed by atoms with E-state index in [2.05, 4.69) is 15.6 Å². The highest BCUT2D eigenvalue weighted by molar-refractivity contribution is 14.0. The first kappa shape index (κ1) is 23.3. The van der Waals surface area contributed by atoms with Crippen LogP contribution in [0.3, 0.4) is 0 Å². The second kappa shape index (κ2) is 11.9. The number of rotatable bonds is 7. The van der Waals surface area contributed by atoms with Gasteiger partial charge in [-0.15, -0.1) is 24.0 Å². The lowest BCUT2D eigenvalue weighted by atomic mass is 10.1. The van der Waals surface area contributed by atoms with Crippen LogP contribution in [0.4, 0.5) is 8.78 Å². The van der Waals surface area contributed by atoms with Gasteiger partial charge in [0, 0.05) is 13.0 Å². The molecular formula is C20H26F2IN3O. The van der Waals surface area contributed by atoms with Crippen molar-refractivity contribution >= 4 is 29.9 Å². The van der Waals surface area contributed by atoms with Crippen LogP contribution in [0.5, 0.6) is 0 Å². The first-order chi connectivity index (χ1) is 12.5. The van der Waals surface area contributed by atoms with Gasteiger partial charge in [-0.25, -0.2) is 8.78 Å². The zero-order valence-corrected chi connectivity index (χ0v) is 17.8. The maximum Gasteiger partial charge on any atom is 0.191 e. The van der Waals surface area contributed by atoms with Gasteiger partial charge in [-0.3, -0.25) is 4.99 Å². The number of nitrogens with one attached hydrogen (secondary N) is 2. The molecule has 27 heavy (non-hydrogen) atoms. The normalized spacial score (nSPS) is 13.4. The monoisotopic (exact) mass is 489 g/mol. The van der Waals surface area contributed by atoms with Crippen LogP contribution in [-0.2, 0) is 6.42 Å². The van der Waals surface area contributed by atoms with Gasteiger partial charge in [0.05, 0.1) is 18.7 Å². The number of aliphatic hydroxyl groups is 1. The molecule has 2 aromatic rings. The van der Waals surface area contributed by atoms with E-state index in [0.717, 1.165) is 11.6 Å². The van der Waals surface area contributed by atoms with Gasteiger partial charge in [0.25, 0.3) is 0 Å². The van der Waals surface area contributed by atoms with Crippen LogP contribution in [0.25, 0.3) is 0 Å². The summed E-state index contributed by atoms with van der Waals surface area (Å²) in [5.74, 6) is -1.24. The van der Waals surface area contributed by atoms with Crippen molar-refractivity contribution in [1.29, 1.82) is 0 Å². The van der Waals surface area contributed by atoms with Crippen LogP contribution in [-0.4, -0.2) is 30.3 Å². The molecule has 7 heteroatoms. The maximum absolute atomic E-state index is 13.4. The van der Waals surface area contributed by atoms with E-state index in [4.69, 9.17) is 0 Å². The minimum absolute atomic E-state index is 0. The predicted molar refractivity (Wildman–Crippen MR) is 115 cm³/mol. The van der Waals surface area contributed by atoms with Crippen molar-refractivity contribution in [2.24, 2.45) is 4.99 Å². The Bertz CT molecular complexity index is 728. The van der Waals surface area contributed by atoms with E-state index in [0.29, 0.717) is 24.5 Å². The average Bonchev–Trinajstić information content (AvgIpc) is 2.63. The highest BCUT2D eigenvalue weighted by atomic mass is 127. The topological polar surface area (TPSA) is 56.7 Å². The summed E-state index contributed by atoms with van der Waals surface area (Å²) in [4.78, 5) is 4.39. The summed E-state index contributed by atoms with van der Waals surface area (Å²) < 4.78 is 26.5. The van der Waals surface area contributed by atoms with E-state index < -0.39 is 17.7 Å². The average molecular weight is 489 g/mol. The van der Waals surface area contributed by atoms with E-state index in [1.54, 1.807) is 0 Å². The van der Waals surface area contributed by atoms with Crippen molar-refractivity contribution in [3.8, 4) is 0 Å². The summed E-state index contributed by atoms with van der Waals surface area (Å²) in [6.45, 7) is 4.64. The number of aliphatic imine (C=N–C) groups is 1. The summed E-state index contributed by atoms with van der Waals surface area (Å²) in [5, 5.41) is 16.4. The predicted octanol–water partition coefficient (Wildman–Crippen LogP) is 3.80. The fourth-order valence-corrected chi connectivity index (χ4v) is 2.54. The summed E-state index contributed by atoms with van der Waals surface area (Å²) in [6.07, 6.45) is -0.0888. The number of hydrogen-bond acceptors (Lipinski definition) is 2. The summed E-state index contributed by atoms with van der Waals surface area (Å²) >= 11 is 0. The number of nitrogens with zero attached hydrogens (tertiary/aromatic N) is 1. The fourth-order valence-electron chi connectivity index (χ4n) is 2.54. The molecule has 2 unspecified atom stereocenters. The van der Waals surface area contributed by atoms with Gasteiger partial charge in [0.15, 0.2) is 17.6 Å². The van der Waals surface area contributed by atoms with Crippen LogP contribution >= 0.6 is 24.0 Å². The Balaban J connectivity index is 0.00000364. The zero-order valence-electron chi connectivity index (χ0n) is 15.5. The van der Waals surface area contributed by atoms with Crippen LogP contribution in [0, 0.1) is 11.6 Å².